The smallest absolute Gasteiger partial charge is 0.254 e. The van der Waals surface area contributed by atoms with E-state index in [1.165, 1.54) is 0 Å². The molecule has 0 radical (unpaired) electrons. The Kier molecular flexibility index (Phi) is 5.93. The molecule has 3 atom stereocenters. The highest BCUT2D eigenvalue weighted by Gasteiger charge is 2.54. The van der Waals surface area contributed by atoms with Gasteiger partial charge in [0.15, 0.2) is 11.5 Å². The van der Waals surface area contributed by atoms with E-state index in [0.717, 1.165) is 17.5 Å². The van der Waals surface area contributed by atoms with Crippen LogP contribution in [0.5, 0.6) is 11.5 Å². The van der Waals surface area contributed by atoms with Gasteiger partial charge in [-0.25, -0.2) is 0 Å². The van der Waals surface area contributed by atoms with Gasteiger partial charge in [-0.1, -0.05) is 37.8 Å². The third-order valence-electron chi connectivity index (χ3n) is 6.70. The molecule has 2 aromatic carbocycles. The van der Waals surface area contributed by atoms with Crippen LogP contribution >= 0.6 is 0 Å². The number of ether oxygens (including phenoxy) is 2. The molecule has 0 unspecified atom stereocenters. The lowest BCUT2D eigenvalue weighted by Crippen LogP contribution is -2.73. The van der Waals surface area contributed by atoms with Gasteiger partial charge in [-0.3, -0.25) is 9.59 Å². The molecular formula is C27H28N2O5. The first kappa shape index (κ1) is 22.3. The summed E-state index contributed by atoms with van der Waals surface area (Å²) < 4.78 is 10.7. The molecule has 176 valence electrons. The Morgan fingerprint density at radius 2 is 1.91 bits per heavy atom. The first-order valence-electron chi connectivity index (χ1n) is 11.7. The maximum absolute atomic E-state index is 13.2. The first-order valence-corrected chi connectivity index (χ1v) is 11.7. The molecule has 1 N–H and O–H groups in total. The number of nitrogens with zero attached hydrogens (tertiary/aromatic N) is 2. The van der Waals surface area contributed by atoms with Crippen LogP contribution in [0.1, 0.15) is 47.7 Å². The predicted molar refractivity (Wildman–Crippen MR) is 125 cm³/mol. The van der Waals surface area contributed by atoms with Crippen LogP contribution in [0.4, 0.5) is 0 Å². The summed E-state index contributed by atoms with van der Waals surface area (Å²) in [5.74, 6) is 7.66. The fourth-order valence-corrected chi connectivity index (χ4v) is 5.01. The summed E-state index contributed by atoms with van der Waals surface area (Å²) in [7, 11) is 0. The first-order chi connectivity index (χ1) is 16.5. The lowest BCUT2D eigenvalue weighted by Gasteiger charge is -2.58. The minimum atomic E-state index is -0.279. The number of aliphatic hydroxyl groups excluding tert-OH is 1. The topological polar surface area (TPSA) is 79.3 Å². The standard InChI is InChI=1S/C27H28N2O5/c1-17(2)4-3-5-18-6-8-19(9-7-18)26-21-13-28(14-25(31)29(21)22(26)15-30)27(32)20-10-11-23-24(12-20)34-16-33-23/h6-12,17,21-22,26,30H,4,13-16H2,1-2H3/t21-,22-,26+/m1/s1. The zero-order valence-corrected chi connectivity index (χ0v) is 19.4. The van der Waals surface area contributed by atoms with Crippen molar-refractivity contribution in [2.24, 2.45) is 5.92 Å². The lowest BCUT2D eigenvalue weighted by molar-refractivity contribution is -0.159. The number of aliphatic hydroxyl groups is 1. The maximum atomic E-state index is 13.2. The van der Waals surface area contributed by atoms with Crippen molar-refractivity contribution in [3.8, 4) is 23.3 Å². The van der Waals surface area contributed by atoms with Gasteiger partial charge in [-0.15, -0.1) is 0 Å². The van der Waals surface area contributed by atoms with Gasteiger partial charge in [0.1, 0.15) is 6.54 Å². The number of amides is 2. The van der Waals surface area contributed by atoms with Crippen LogP contribution in [0.15, 0.2) is 42.5 Å². The maximum Gasteiger partial charge on any atom is 0.254 e. The molecule has 3 aliphatic heterocycles. The highest BCUT2D eigenvalue weighted by Crippen LogP contribution is 2.43. The van der Waals surface area contributed by atoms with Crippen molar-refractivity contribution in [2.75, 3.05) is 26.5 Å². The van der Waals surface area contributed by atoms with Crippen LogP contribution in [0.25, 0.3) is 0 Å². The van der Waals surface area contributed by atoms with Crippen molar-refractivity contribution in [1.82, 2.24) is 9.80 Å². The summed E-state index contributed by atoms with van der Waals surface area (Å²) in [6, 6.07) is 12.6. The van der Waals surface area contributed by atoms with Crippen LogP contribution in [0, 0.1) is 17.8 Å². The lowest BCUT2D eigenvalue weighted by atomic mass is 9.73. The minimum absolute atomic E-state index is 0.00261. The van der Waals surface area contributed by atoms with Gasteiger partial charge in [-0.2, -0.15) is 0 Å². The Hall–Kier alpha value is -3.50. The van der Waals surface area contributed by atoms with Crippen LogP contribution < -0.4 is 9.47 Å². The molecular weight excluding hydrogens is 432 g/mol. The van der Waals surface area contributed by atoms with Crippen molar-refractivity contribution >= 4 is 11.8 Å². The molecule has 5 rings (SSSR count). The Labute approximate surface area is 199 Å². The molecule has 7 nitrogen and oxygen atoms in total. The van der Waals surface area contributed by atoms with Crippen molar-refractivity contribution in [2.45, 2.75) is 38.3 Å². The van der Waals surface area contributed by atoms with Gasteiger partial charge >= 0.3 is 0 Å². The van der Waals surface area contributed by atoms with E-state index in [1.54, 1.807) is 28.0 Å². The number of fused-ring (bicyclic) bond motifs is 2. The number of rotatable bonds is 4. The fourth-order valence-electron chi connectivity index (χ4n) is 5.01. The van der Waals surface area contributed by atoms with Gasteiger partial charge in [-0.05, 0) is 41.8 Å². The summed E-state index contributed by atoms with van der Waals surface area (Å²) in [6.45, 7) is 4.72. The Balaban J connectivity index is 1.34. The number of carbonyl (C=O) groups excluding carboxylic acids is 2. The molecule has 34 heavy (non-hydrogen) atoms. The fraction of sp³-hybridized carbons (Fsp3) is 0.407. The number of hydrogen-bond donors (Lipinski definition) is 1. The summed E-state index contributed by atoms with van der Waals surface area (Å²) in [5, 5.41) is 10.0. The van der Waals surface area contributed by atoms with E-state index in [2.05, 4.69) is 25.7 Å². The zero-order chi connectivity index (χ0) is 23.8. The number of carbonyl (C=O) groups is 2. The van der Waals surface area contributed by atoms with E-state index in [-0.39, 0.29) is 49.8 Å². The monoisotopic (exact) mass is 460 g/mol. The Morgan fingerprint density at radius 3 is 2.65 bits per heavy atom. The van der Waals surface area contributed by atoms with Gasteiger partial charge in [0.05, 0.1) is 18.7 Å². The molecule has 2 aromatic rings. The molecule has 0 spiro atoms. The number of benzene rings is 2. The third kappa shape index (κ3) is 3.99. The average molecular weight is 461 g/mol. The largest absolute Gasteiger partial charge is 0.454 e. The second-order valence-corrected chi connectivity index (χ2v) is 9.42. The summed E-state index contributed by atoms with van der Waals surface area (Å²) in [4.78, 5) is 29.5. The average Bonchev–Trinajstić information content (AvgIpc) is 3.28. The van der Waals surface area contributed by atoms with E-state index in [9.17, 15) is 14.7 Å². The van der Waals surface area contributed by atoms with Gasteiger partial charge in [0.2, 0.25) is 12.7 Å². The third-order valence-corrected chi connectivity index (χ3v) is 6.70. The Bertz CT molecular complexity index is 1160. The molecule has 3 heterocycles. The Morgan fingerprint density at radius 1 is 1.15 bits per heavy atom. The van der Waals surface area contributed by atoms with Crippen LogP contribution in [0.3, 0.4) is 0 Å². The molecule has 2 saturated heterocycles. The summed E-state index contributed by atoms with van der Waals surface area (Å²) in [5.41, 5.74) is 2.45. The quantitative estimate of drug-likeness (QED) is 0.710. The molecule has 0 aliphatic carbocycles. The van der Waals surface area contributed by atoms with Crippen molar-refractivity contribution in [3.63, 3.8) is 0 Å². The number of hydrogen-bond acceptors (Lipinski definition) is 5. The summed E-state index contributed by atoms with van der Waals surface area (Å²) >= 11 is 0. The SMILES string of the molecule is CC(C)CC#Cc1ccc([C@@H]2[C@@H](CO)N3C(=O)CN(C(=O)c4ccc5c(c4)OCO5)C[C@H]23)cc1. The van der Waals surface area contributed by atoms with E-state index < -0.39 is 0 Å². The molecule has 7 heteroatoms. The van der Waals surface area contributed by atoms with E-state index >= 15 is 0 Å². The van der Waals surface area contributed by atoms with Gasteiger partial charge in [0.25, 0.3) is 5.91 Å². The molecule has 0 saturated carbocycles. The van der Waals surface area contributed by atoms with Crippen molar-refractivity contribution in [3.05, 3.63) is 59.2 Å². The molecule has 2 amide bonds. The highest BCUT2D eigenvalue weighted by atomic mass is 16.7. The molecule has 0 aromatic heterocycles. The summed E-state index contributed by atoms with van der Waals surface area (Å²) in [6.07, 6.45) is 0.851. The van der Waals surface area contributed by atoms with Crippen molar-refractivity contribution < 1.29 is 24.2 Å². The zero-order valence-electron chi connectivity index (χ0n) is 19.4. The van der Waals surface area contributed by atoms with Gasteiger partial charge < -0.3 is 24.4 Å². The van der Waals surface area contributed by atoms with Crippen molar-refractivity contribution in [1.29, 1.82) is 0 Å². The van der Waals surface area contributed by atoms with Crippen LogP contribution in [0.2, 0.25) is 0 Å². The second kappa shape index (κ2) is 9.03. The van der Waals surface area contributed by atoms with E-state index in [4.69, 9.17) is 9.47 Å². The minimum Gasteiger partial charge on any atom is -0.454 e. The normalized spacial score (nSPS) is 22.7. The van der Waals surface area contributed by atoms with Crippen LogP contribution in [-0.4, -0.2) is 65.3 Å². The van der Waals surface area contributed by atoms with E-state index in [1.807, 2.05) is 24.3 Å². The molecule has 2 fully saturated rings. The molecule has 0 bridgehead atoms. The predicted octanol–water partition coefficient (Wildman–Crippen LogP) is 2.62. The number of piperazine rings is 1. The van der Waals surface area contributed by atoms with Crippen LogP contribution in [-0.2, 0) is 4.79 Å². The van der Waals surface area contributed by atoms with Gasteiger partial charge in [0, 0.05) is 30.0 Å². The van der Waals surface area contributed by atoms with E-state index in [0.29, 0.717) is 29.5 Å². The molecule has 3 aliphatic rings. The second-order valence-electron chi connectivity index (χ2n) is 9.42. The highest BCUT2D eigenvalue weighted by molar-refractivity contribution is 5.98.